The van der Waals surface area contributed by atoms with Crippen LogP contribution in [0.4, 0.5) is 10.2 Å². The lowest BCUT2D eigenvalue weighted by atomic mass is 9.97. The standard InChI is InChI=1S/C22H18FN3O/c1-14-21(16-6-7-20(27)19(23)12-16)17-4-2-3-5-18(17)22(26-14)25-13-15-8-10-24-11-9-15/h2-12,27H,13H2,1H3,(H,25,26). The Morgan fingerprint density at radius 2 is 1.74 bits per heavy atom. The van der Waals surface area contributed by atoms with E-state index in [9.17, 15) is 9.50 Å². The van der Waals surface area contributed by atoms with Crippen LogP contribution in [0.3, 0.4) is 0 Å². The fourth-order valence-corrected chi connectivity index (χ4v) is 3.23. The molecule has 4 rings (SSSR count). The van der Waals surface area contributed by atoms with Crippen molar-refractivity contribution in [1.29, 1.82) is 0 Å². The SMILES string of the molecule is Cc1nc(NCc2ccncc2)c2ccccc2c1-c1ccc(O)c(F)c1. The molecule has 2 heterocycles. The Hall–Kier alpha value is -3.47. The lowest BCUT2D eigenvalue weighted by molar-refractivity contribution is 0.432. The third-order valence-corrected chi connectivity index (χ3v) is 4.54. The maximum atomic E-state index is 13.9. The van der Waals surface area contributed by atoms with Crippen molar-refractivity contribution in [3.8, 4) is 16.9 Å². The van der Waals surface area contributed by atoms with Gasteiger partial charge in [-0.3, -0.25) is 4.98 Å². The van der Waals surface area contributed by atoms with Crippen LogP contribution in [-0.4, -0.2) is 15.1 Å². The van der Waals surface area contributed by atoms with Crippen molar-refractivity contribution < 1.29 is 9.50 Å². The minimum atomic E-state index is -0.643. The molecule has 4 aromatic rings. The number of aromatic hydroxyl groups is 1. The highest BCUT2D eigenvalue weighted by Gasteiger charge is 2.14. The summed E-state index contributed by atoms with van der Waals surface area (Å²) in [6.07, 6.45) is 3.52. The molecule has 0 saturated heterocycles. The number of aryl methyl sites for hydroxylation is 1. The Morgan fingerprint density at radius 1 is 1.00 bits per heavy atom. The van der Waals surface area contributed by atoms with Gasteiger partial charge in [-0.25, -0.2) is 9.37 Å². The molecule has 0 radical (unpaired) electrons. The van der Waals surface area contributed by atoms with Gasteiger partial charge >= 0.3 is 0 Å². The van der Waals surface area contributed by atoms with Gasteiger partial charge in [-0.2, -0.15) is 0 Å². The molecular formula is C22H18FN3O. The van der Waals surface area contributed by atoms with Crippen molar-refractivity contribution in [2.75, 3.05) is 5.32 Å². The first-order valence-corrected chi connectivity index (χ1v) is 8.64. The minimum Gasteiger partial charge on any atom is -0.505 e. The number of nitrogens with zero attached hydrogens (tertiary/aromatic N) is 2. The summed E-state index contributed by atoms with van der Waals surface area (Å²) in [6, 6.07) is 16.2. The van der Waals surface area contributed by atoms with E-state index in [0.717, 1.165) is 33.4 Å². The number of hydrogen-bond acceptors (Lipinski definition) is 4. The second kappa shape index (κ2) is 7.03. The lowest BCUT2D eigenvalue weighted by Crippen LogP contribution is -2.04. The molecule has 2 N–H and O–H groups in total. The molecule has 27 heavy (non-hydrogen) atoms. The predicted octanol–water partition coefficient (Wildman–Crippen LogP) is 5.06. The zero-order chi connectivity index (χ0) is 18.8. The molecule has 0 amide bonds. The van der Waals surface area contributed by atoms with Gasteiger partial charge in [-0.1, -0.05) is 30.3 Å². The number of benzene rings is 2. The Balaban J connectivity index is 1.81. The maximum absolute atomic E-state index is 13.9. The molecule has 0 unspecified atom stereocenters. The van der Waals surface area contributed by atoms with Crippen molar-refractivity contribution in [3.63, 3.8) is 0 Å². The average Bonchev–Trinajstić information content (AvgIpc) is 2.69. The van der Waals surface area contributed by atoms with E-state index in [1.54, 1.807) is 18.5 Å². The summed E-state index contributed by atoms with van der Waals surface area (Å²) in [6.45, 7) is 2.54. The zero-order valence-electron chi connectivity index (χ0n) is 14.8. The van der Waals surface area contributed by atoms with Gasteiger partial charge in [0.2, 0.25) is 0 Å². The summed E-state index contributed by atoms with van der Waals surface area (Å²) in [4.78, 5) is 8.76. The van der Waals surface area contributed by atoms with Gasteiger partial charge in [0.15, 0.2) is 11.6 Å². The van der Waals surface area contributed by atoms with Gasteiger partial charge in [0.25, 0.3) is 0 Å². The Labute approximate surface area is 156 Å². The van der Waals surface area contributed by atoms with Crippen LogP contribution >= 0.6 is 0 Å². The highest BCUT2D eigenvalue weighted by molar-refractivity contribution is 6.03. The van der Waals surface area contributed by atoms with Crippen LogP contribution in [0.5, 0.6) is 5.75 Å². The van der Waals surface area contributed by atoms with Crippen molar-refractivity contribution in [1.82, 2.24) is 9.97 Å². The summed E-state index contributed by atoms with van der Waals surface area (Å²) in [5.74, 6) is -0.219. The Bertz CT molecular complexity index is 1110. The van der Waals surface area contributed by atoms with E-state index in [-0.39, 0.29) is 5.75 Å². The second-order valence-electron chi connectivity index (χ2n) is 6.34. The van der Waals surface area contributed by atoms with Gasteiger partial charge in [-0.05, 0) is 47.7 Å². The third kappa shape index (κ3) is 3.31. The fourth-order valence-electron chi connectivity index (χ4n) is 3.23. The number of rotatable bonds is 4. The molecule has 0 spiro atoms. The number of anilines is 1. The molecule has 0 atom stereocenters. The number of hydrogen-bond donors (Lipinski definition) is 2. The molecule has 4 nitrogen and oxygen atoms in total. The van der Waals surface area contributed by atoms with Crippen LogP contribution in [0.15, 0.2) is 67.0 Å². The maximum Gasteiger partial charge on any atom is 0.165 e. The minimum absolute atomic E-state index is 0.357. The normalized spacial score (nSPS) is 10.9. The van der Waals surface area contributed by atoms with Gasteiger partial charge in [0, 0.05) is 35.6 Å². The average molecular weight is 359 g/mol. The summed E-state index contributed by atoms with van der Waals surface area (Å²) in [7, 11) is 0. The molecular weight excluding hydrogens is 341 g/mol. The third-order valence-electron chi connectivity index (χ3n) is 4.54. The number of nitrogens with one attached hydrogen (secondary N) is 1. The van der Waals surface area contributed by atoms with E-state index >= 15 is 0 Å². The van der Waals surface area contributed by atoms with Crippen LogP contribution in [0.2, 0.25) is 0 Å². The predicted molar refractivity (Wildman–Crippen MR) is 105 cm³/mol. The van der Waals surface area contributed by atoms with Crippen LogP contribution in [0.1, 0.15) is 11.3 Å². The molecule has 134 valence electrons. The first-order chi connectivity index (χ1) is 13.1. The highest BCUT2D eigenvalue weighted by Crippen LogP contribution is 2.35. The quantitative estimate of drug-likeness (QED) is 0.535. The van der Waals surface area contributed by atoms with Crippen LogP contribution in [0, 0.1) is 12.7 Å². The fraction of sp³-hybridized carbons (Fsp3) is 0.0909. The van der Waals surface area contributed by atoms with Crippen LogP contribution in [0.25, 0.3) is 21.9 Å². The first-order valence-electron chi connectivity index (χ1n) is 8.64. The van der Waals surface area contributed by atoms with Crippen LogP contribution < -0.4 is 5.32 Å². The highest BCUT2D eigenvalue weighted by atomic mass is 19.1. The van der Waals surface area contributed by atoms with Gasteiger partial charge in [0.1, 0.15) is 5.82 Å². The van der Waals surface area contributed by atoms with Gasteiger partial charge < -0.3 is 10.4 Å². The number of halogens is 1. The summed E-state index contributed by atoms with van der Waals surface area (Å²) < 4.78 is 13.9. The number of pyridine rings is 2. The Morgan fingerprint density at radius 3 is 2.48 bits per heavy atom. The van der Waals surface area contributed by atoms with E-state index in [0.29, 0.717) is 12.1 Å². The molecule has 2 aromatic carbocycles. The molecule has 0 fully saturated rings. The van der Waals surface area contributed by atoms with E-state index in [4.69, 9.17) is 4.98 Å². The summed E-state index contributed by atoms with van der Waals surface area (Å²) in [5, 5.41) is 14.8. The Kier molecular flexibility index (Phi) is 4.42. The number of aromatic nitrogens is 2. The van der Waals surface area contributed by atoms with Gasteiger partial charge in [-0.15, -0.1) is 0 Å². The number of phenols is 1. The van der Waals surface area contributed by atoms with Crippen molar-refractivity contribution >= 4 is 16.6 Å². The zero-order valence-corrected chi connectivity index (χ0v) is 14.8. The lowest BCUT2D eigenvalue weighted by Gasteiger charge is -2.15. The van der Waals surface area contributed by atoms with E-state index < -0.39 is 5.82 Å². The number of fused-ring (bicyclic) bond motifs is 1. The second-order valence-corrected chi connectivity index (χ2v) is 6.34. The van der Waals surface area contributed by atoms with Gasteiger partial charge in [0.05, 0.1) is 0 Å². The summed E-state index contributed by atoms with van der Waals surface area (Å²) in [5.41, 5.74) is 3.44. The largest absolute Gasteiger partial charge is 0.505 e. The van der Waals surface area contributed by atoms with Crippen molar-refractivity contribution in [2.24, 2.45) is 0 Å². The van der Waals surface area contributed by atoms with E-state index in [1.807, 2.05) is 43.3 Å². The summed E-state index contributed by atoms with van der Waals surface area (Å²) >= 11 is 0. The molecule has 0 bridgehead atoms. The number of phenolic OH excluding ortho intramolecular Hbond substituents is 1. The van der Waals surface area contributed by atoms with Crippen LogP contribution in [-0.2, 0) is 6.54 Å². The van der Waals surface area contributed by atoms with Crippen molar-refractivity contribution in [3.05, 3.63) is 84.1 Å². The van der Waals surface area contributed by atoms with Crippen molar-refractivity contribution in [2.45, 2.75) is 13.5 Å². The van der Waals surface area contributed by atoms with E-state index in [2.05, 4.69) is 10.3 Å². The molecule has 2 aromatic heterocycles. The molecule has 0 aliphatic heterocycles. The molecule has 5 heteroatoms. The smallest absolute Gasteiger partial charge is 0.165 e. The molecule has 0 aliphatic carbocycles. The molecule has 0 saturated carbocycles. The van der Waals surface area contributed by atoms with E-state index in [1.165, 1.54) is 12.1 Å². The topological polar surface area (TPSA) is 58.0 Å². The molecule has 0 aliphatic rings. The monoisotopic (exact) mass is 359 g/mol. The first kappa shape index (κ1) is 17.0.